The molecule has 3 aromatic carbocycles. The highest BCUT2D eigenvalue weighted by atomic mass is 19.4. The first-order chi connectivity index (χ1) is 32.9. The zero-order chi connectivity index (χ0) is 49.0. The number of nitrogens with one attached hydrogen (secondary N) is 2. The molecule has 4 fully saturated rings. The van der Waals surface area contributed by atoms with Crippen molar-refractivity contribution in [3.05, 3.63) is 65.5 Å². The lowest BCUT2D eigenvalue weighted by molar-refractivity contribution is -0.209. The Morgan fingerprint density at radius 3 is 2.33 bits per heavy atom. The second-order valence-electron chi connectivity index (χ2n) is 19.9. The molecule has 2 aromatic heterocycles. The number of aliphatic hydroxyl groups excluding tert-OH is 2. The van der Waals surface area contributed by atoms with Gasteiger partial charge in [-0.1, -0.05) is 6.92 Å². The maximum Gasteiger partial charge on any atom is 0.416 e. The Hall–Kier alpha value is -5.76. The van der Waals surface area contributed by atoms with Crippen molar-refractivity contribution in [2.75, 3.05) is 49.3 Å². The Bertz CT molecular complexity index is 2680. The number of nitrogen functional groups attached to an aromatic ring is 1. The van der Waals surface area contributed by atoms with E-state index in [-0.39, 0.29) is 29.0 Å². The number of alkyl halides is 3. The number of piperidine rings is 2. The number of fused-ring (bicyclic) bond motifs is 2. The van der Waals surface area contributed by atoms with Gasteiger partial charge in [0.05, 0.1) is 43.0 Å². The van der Waals surface area contributed by atoms with Gasteiger partial charge in [-0.05, 0) is 132 Å². The summed E-state index contributed by atoms with van der Waals surface area (Å²) >= 11 is 0. The summed E-state index contributed by atoms with van der Waals surface area (Å²) in [5, 5.41) is 50.4. The summed E-state index contributed by atoms with van der Waals surface area (Å²) < 4.78 is 61.9. The van der Waals surface area contributed by atoms with Crippen LogP contribution in [0.15, 0.2) is 48.5 Å². The fraction of sp³-hybridized carbons (Fsp3) is 0.540. The number of carbonyl (C=O) groups is 1. The molecule has 2 aliphatic carbocycles. The molecule has 2 saturated heterocycles. The highest BCUT2D eigenvalue weighted by Crippen LogP contribution is 2.51. The zero-order valence-corrected chi connectivity index (χ0v) is 39.4. The number of methoxy groups -OCH3 is 1. The number of aromatic hydroxyl groups is 2. The van der Waals surface area contributed by atoms with E-state index in [2.05, 4.69) is 32.4 Å². The molecular weight excluding hydrogens is 898 g/mol. The third kappa shape index (κ3) is 9.87. The molecule has 3 unspecified atom stereocenters. The molecule has 5 aromatic rings. The number of aromatic nitrogens is 3. The average molecular weight is 961 g/mol. The van der Waals surface area contributed by atoms with Gasteiger partial charge in [0.1, 0.15) is 29.8 Å². The van der Waals surface area contributed by atoms with Crippen LogP contribution in [0.25, 0.3) is 21.7 Å². The first-order valence-corrected chi connectivity index (χ1v) is 23.9. The van der Waals surface area contributed by atoms with Crippen molar-refractivity contribution in [1.82, 2.24) is 24.8 Å². The lowest BCUT2D eigenvalue weighted by atomic mass is 9.83. The molecule has 4 heterocycles. The van der Waals surface area contributed by atoms with Crippen LogP contribution in [0.3, 0.4) is 0 Å². The molecular formula is C50H63F3N8O8. The quantitative estimate of drug-likeness (QED) is 0.0303. The summed E-state index contributed by atoms with van der Waals surface area (Å²) in [6.45, 7) is 7.78. The Labute approximate surface area is 398 Å². The van der Waals surface area contributed by atoms with E-state index < -0.39 is 42.0 Å². The first kappa shape index (κ1) is 48.3. The largest absolute Gasteiger partial charge is 0.494 e. The number of carbonyl (C=O) groups excluding carboxylic acids is 1. The SMILES string of the molecule is COc1cc2nc(C)nc(N[C@H](C)c3cc(N)cc(C(F)(F)F)c3)c2cc1OCC1(CN(C=O)C2(OC3CCN(c4ccc5c(O)n(C6CCC(O)NC6O)c(O)c5c4)CC3)CCC(C)CC2)CC1. The number of halogens is 3. The number of nitrogens with zero attached hydrogens (tertiary/aromatic N) is 5. The molecule has 19 heteroatoms. The van der Waals surface area contributed by atoms with Crippen LogP contribution in [0, 0.1) is 18.3 Å². The minimum Gasteiger partial charge on any atom is -0.494 e. The fourth-order valence-corrected chi connectivity index (χ4v) is 10.6. The first-order valence-electron chi connectivity index (χ1n) is 23.9. The highest BCUT2D eigenvalue weighted by molar-refractivity contribution is 5.95. The monoisotopic (exact) mass is 960 g/mol. The summed E-state index contributed by atoms with van der Waals surface area (Å²) in [6, 6.07) is 11.3. The molecule has 0 radical (unpaired) electrons. The number of aliphatic hydroxyl groups is 2. The second kappa shape index (κ2) is 18.9. The van der Waals surface area contributed by atoms with E-state index in [0.717, 1.165) is 49.9 Å². The van der Waals surface area contributed by atoms with E-state index in [0.29, 0.717) is 121 Å². The topological polar surface area (TPSA) is 213 Å². The van der Waals surface area contributed by atoms with E-state index in [4.69, 9.17) is 19.9 Å². The highest BCUT2D eigenvalue weighted by Gasteiger charge is 2.51. The van der Waals surface area contributed by atoms with Gasteiger partial charge in [-0.3, -0.25) is 14.7 Å². The summed E-state index contributed by atoms with van der Waals surface area (Å²) in [4.78, 5) is 26.6. The average Bonchev–Trinajstić information content (AvgIpc) is 4.05. The van der Waals surface area contributed by atoms with Crippen LogP contribution >= 0.6 is 0 Å². The van der Waals surface area contributed by atoms with Gasteiger partial charge in [-0.2, -0.15) is 13.2 Å². The van der Waals surface area contributed by atoms with Gasteiger partial charge in [-0.15, -0.1) is 0 Å². The predicted octanol–water partition coefficient (Wildman–Crippen LogP) is 7.86. The summed E-state index contributed by atoms with van der Waals surface area (Å²) in [5.41, 5.74) is 5.72. The van der Waals surface area contributed by atoms with Gasteiger partial charge in [0.15, 0.2) is 11.5 Å². The molecule has 4 atom stereocenters. The minimum absolute atomic E-state index is 0.000368. The summed E-state index contributed by atoms with van der Waals surface area (Å²) in [7, 11) is 1.54. The second-order valence-corrected chi connectivity index (χ2v) is 19.9. The number of benzene rings is 3. The number of hydrogen-bond acceptors (Lipinski definition) is 14. The number of rotatable bonds is 15. The number of ether oxygens (including phenoxy) is 3. The smallest absolute Gasteiger partial charge is 0.416 e. The van der Waals surface area contributed by atoms with Crippen LogP contribution < -0.4 is 30.7 Å². The van der Waals surface area contributed by atoms with Gasteiger partial charge in [0, 0.05) is 58.6 Å². The van der Waals surface area contributed by atoms with Crippen LogP contribution in [-0.4, -0.2) is 104 Å². The molecule has 0 spiro atoms. The van der Waals surface area contributed by atoms with E-state index in [9.17, 15) is 38.4 Å². The maximum atomic E-state index is 13.7. The number of amides is 1. The van der Waals surface area contributed by atoms with Crippen molar-refractivity contribution >= 4 is 45.3 Å². The van der Waals surface area contributed by atoms with Crippen molar-refractivity contribution in [2.24, 2.45) is 11.3 Å². The van der Waals surface area contributed by atoms with Crippen LogP contribution in [0.5, 0.6) is 23.3 Å². The molecule has 372 valence electrons. The molecule has 16 nitrogen and oxygen atoms in total. The summed E-state index contributed by atoms with van der Waals surface area (Å²) in [5.74, 6) is 1.96. The van der Waals surface area contributed by atoms with E-state index in [1.54, 1.807) is 39.2 Å². The fourth-order valence-electron chi connectivity index (χ4n) is 10.6. The minimum atomic E-state index is -4.56. The van der Waals surface area contributed by atoms with Gasteiger partial charge >= 0.3 is 6.18 Å². The van der Waals surface area contributed by atoms with Gasteiger partial charge in [-0.25, -0.2) is 9.97 Å². The molecule has 2 saturated carbocycles. The molecule has 8 N–H and O–H groups in total. The van der Waals surface area contributed by atoms with Crippen molar-refractivity contribution in [3.63, 3.8) is 0 Å². The van der Waals surface area contributed by atoms with Crippen molar-refractivity contribution in [2.45, 2.75) is 128 Å². The molecule has 2 aliphatic heterocycles. The Morgan fingerprint density at radius 2 is 1.67 bits per heavy atom. The van der Waals surface area contributed by atoms with E-state index >= 15 is 0 Å². The van der Waals surface area contributed by atoms with Gasteiger partial charge < -0.3 is 55.5 Å². The Kier molecular flexibility index (Phi) is 13.2. The number of hydrogen-bond donors (Lipinski definition) is 7. The van der Waals surface area contributed by atoms with Crippen molar-refractivity contribution in [1.29, 1.82) is 0 Å². The van der Waals surface area contributed by atoms with Crippen molar-refractivity contribution in [3.8, 4) is 23.3 Å². The molecule has 9 rings (SSSR count). The molecule has 69 heavy (non-hydrogen) atoms. The lowest BCUT2D eigenvalue weighted by Crippen LogP contribution is -2.56. The maximum absolute atomic E-state index is 13.7. The summed E-state index contributed by atoms with van der Waals surface area (Å²) in [6.07, 6.45) is 1.35. The third-order valence-corrected chi connectivity index (χ3v) is 14.9. The molecule has 4 aliphatic rings. The van der Waals surface area contributed by atoms with E-state index in [1.165, 1.54) is 10.6 Å². The number of nitrogens with two attached hydrogens (primary N) is 1. The third-order valence-electron chi connectivity index (χ3n) is 14.9. The van der Waals surface area contributed by atoms with Crippen LogP contribution in [0.1, 0.15) is 107 Å². The van der Waals surface area contributed by atoms with Gasteiger partial charge in [0.25, 0.3) is 0 Å². The Morgan fingerprint density at radius 1 is 0.942 bits per heavy atom. The van der Waals surface area contributed by atoms with Gasteiger partial charge in [0.2, 0.25) is 18.2 Å². The lowest BCUT2D eigenvalue weighted by Gasteiger charge is -2.49. The number of aryl methyl sites for hydroxylation is 1. The predicted molar refractivity (Wildman–Crippen MR) is 254 cm³/mol. The van der Waals surface area contributed by atoms with Crippen LogP contribution in [0.2, 0.25) is 0 Å². The van der Waals surface area contributed by atoms with E-state index in [1.807, 2.05) is 17.0 Å². The van der Waals surface area contributed by atoms with Crippen molar-refractivity contribution < 1.29 is 52.6 Å². The van der Waals surface area contributed by atoms with Crippen LogP contribution in [0.4, 0.5) is 30.4 Å². The van der Waals surface area contributed by atoms with Crippen LogP contribution in [-0.2, 0) is 15.7 Å². The zero-order valence-electron chi connectivity index (χ0n) is 39.4. The Balaban J connectivity index is 0.883. The molecule has 0 bridgehead atoms. The normalized spacial score (nSPS) is 24.6. The standard InChI is InChI=1S/C50H63F3N8O8/c1-28-9-13-49(14-10-28,69-35-11-17-59(18-12-35)34-5-6-36-37(22-34)47(66)61(46(36)65)40-7-8-43(63)58-45(40)64)60(27-62)25-48(15-16-48)26-68-42-23-38-39(24-41(42)67-4)56-30(3)57-44(38)55-29(2)31-19-32(50(51,52)53)21-33(54)20-31/h5-6,19-24,27-29,35,40,43,45,58,63-66H,7-18,25-26,54H2,1-4H3,(H,55,56,57)/t28?,29-,40?,43?,45?,49?/m1/s1. The number of anilines is 3. The molecule has 1 amide bonds.